The molecular weight excluding hydrogens is 785 g/mol. The van der Waals surface area contributed by atoms with Gasteiger partial charge in [-0.15, -0.1) is 0 Å². The van der Waals surface area contributed by atoms with Crippen molar-refractivity contribution in [3.63, 3.8) is 0 Å². The van der Waals surface area contributed by atoms with E-state index in [4.69, 9.17) is 17.7 Å². The van der Waals surface area contributed by atoms with Crippen LogP contribution >= 0.6 is 0 Å². The third-order valence-corrected chi connectivity index (χ3v) is 13.7. The molecule has 0 fully saturated rings. The summed E-state index contributed by atoms with van der Waals surface area (Å²) in [6.07, 6.45) is 17.4. The van der Waals surface area contributed by atoms with E-state index in [9.17, 15) is 0 Å². The molecule has 0 radical (unpaired) electrons. The number of hydrogen-bond donors (Lipinski definition) is 0. The van der Waals surface area contributed by atoms with Gasteiger partial charge in [-0.05, 0) is 60.1 Å². The molecule has 7 heterocycles. The Morgan fingerprint density at radius 2 is 0.453 bits per heavy atom. The molecule has 0 atom stereocenters. The first-order valence-electron chi connectivity index (χ1n) is 24.0. The van der Waals surface area contributed by atoms with Crippen LogP contribution in [0.5, 0.6) is 0 Å². The minimum absolute atomic E-state index is 0.910. The predicted molar refractivity (Wildman–Crippen MR) is 264 cm³/mol. The van der Waals surface area contributed by atoms with Crippen molar-refractivity contribution in [1.29, 1.82) is 0 Å². The summed E-state index contributed by atoms with van der Waals surface area (Å²) in [5.74, 6) is 4.30. The van der Waals surface area contributed by atoms with Crippen molar-refractivity contribution >= 4 is 43.9 Å². The SMILES string of the molecule is c1ccc(-c2c3oc4cc5oc(c(-c6ccccc6)c5cc24)CCCCCCCCc2oc4cc5oc(c(-c6ccccc6)c5cc4c2-c2ccccc2)CCCCCCCC3)cc1. The number of benzene rings is 6. The van der Waals surface area contributed by atoms with E-state index in [0.717, 1.165) is 96.7 Å². The molecule has 320 valence electrons. The molecule has 4 aromatic heterocycles. The van der Waals surface area contributed by atoms with Crippen molar-refractivity contribution in [2.24, 2.45) is 0 Å². The summed E-state index contributed by atoms with van der Waals surface area (Å²) in [7, 11) is 0. The molecule has 4 nitrogen and oxygen atoms in total. The molecule has 64 heavy (non-hydrogen) atoms. The van der Waals surface area contributed by atoms with Gasteiger partial charge in [0.25, 0.3) is 0 Å². The molecule has 0 spiro atoms. The second-order valence-electron chi connectivity index (χ2n) is 18.0. The summed E-state index contributed by atoms with van der Waals surface area (Å²) in [6, 6.07) is 52.3. The summed E-state index contributed by atoms with van der Waals surface area (Å²) in [4.78, 5) is 0. The second kappa shape index (κ2) is 18.3. The normalized spacial score (nSPS) is 15.1. The maximum atomic E-state index is 6.80. The van der Waals surface area contributed by atoms with Crippen LogP contribution in [0, 0.1) is 0 Å². The lowest BCUT2D eigenvalue weighted by Crippen LogP contribution is -1.90. The first-order valence-corrected chi connectivity index (χ1v) is 24.0. The van der Waals surface area contributed by atoms with Gasteiger partial charge < -0.3 is 17.7 Å². The number of hydrogen-bond acceptors (Lipinski definition) is 4. The fraction of sp³-hybridized carbons (Fsp3) is 0.267. The monoisotopic (exact) mass is 840 g/mol. The highest BCUT2D eigenvalue weighted by atomic mass is 16.4. The molecule has 10 aromatic rings. The van der Waals surface area contributed by atoms with Crippen LogP contribution in [0.4, 0.5) is 0 Å². The Morgan fingerprint density at radius 1 is 0.234 bits per heavy atom. The van der Waals surface area contributed by atoms with E-state index in [0.29, 0.717) is 0 Å². The van der Waals surface area contributed by atoms with Gasteiger partial charge in [-0.25, -0.2) is 0 Å². The fourth-order valence-electron chi connectivity index (χ4n) is 10.5. The van der Waals surface area contributed by atoms with Gasteiger partial charge in [-0.1, -0.05) is 173 Å². The first-order chi connectivity index (χ1) is 31.8. The van der Waals surface area contributed by atoms with E-state index in [1.807, 2.05) is 0 Å². The third kappa shape index (κ3) is 8.00. The standard InChI is InChI=1S/C60H56O4/c1-2-6-22-34-50-58(42-27-15-10-16-28-42)46-38-48-56(40-54(46)62-50)64-52(60(48)44-31-19-12-20-32-44)36-24-8-4-3-7-23-35-51-59(43-29-17-11-18-30-43)47-37-45-53(39-55(47)63-51)61-49(33-21-5-1)57(45)41-25-13-9-14-26-41/h9-20,25-32,37-40H,1-8,21-24,33-36H2. The second-order valence-corrected chi connectivity index (χ2v) is 18.0. The van der Waals surface area contributed by atoms with Crippen molar-refractivity contribution < 1.29 is 17.7 Å². The van der Waals surface area contributed by atoms with Gasteiger partial charge >= 0.3 is 0 Å². The molecule has 0 amide bonds. The van der Waals surface area contributed by atoms with Crippen molar-refractivity contribution in [3.8, 4) is 44.5 Å². The van der Waals surface area contributed by atoms with Gasteiger partial charge in [-0.2, -0.15) is 0 Å². The van der Waals surface area contributed by atoms with E-state index in [2.05, 4.69) is 146 Å². The van der Waals surface area contributed by atoms with Crippen LogP contribution in [-0.2, 0) is 25.7 Å². The van der Waals surface area contributed by atoms with Crippen LogP contribution in [-0.4, -0.2) is 0 Å². The lowest BCUT2D eigenvalue weighted by molar-refractivity contribution is 0.504. The van der Waals surface area contributed by atoms with Crippen LogP contribution in [0.3, 0.4) is 0 Å². The van der Waals surface area contributed by atoms with E-state index >= 15 is 0 Å². The highest BCUT2D eigenvalue weighted by Gasteiger charge is 2.24. The molecule has 3 aliphatic heterocycles. The molecule has 14 rings (SSSR count). The lowest BCUT2D eigenvalue weighted by Gasteiger charge is -2.06. The van der Waals surface area contributed by atoms with Crippen LogP contribution in [0.2, 0.25) is 0 Å². The van der Waals surface area contributed by atoms with Crippen molar-refractivity contribution in [2.45, 2.75) is 103 Å². The van der Waals surface area contributed by atoms with Gasteiger partial charge in [0.05, 0.1) is 0 Å². The fourth-order valence-corrected chi connectivity index (χ4v) is 10.5. The Bertz CT molecular complexity index is 2720. The number of furan rings is 4. The van der Waals surface area contributed by atoms with Gasteiger partial charge in [0.2, 0.25) is 0 Å². The van der Waals surface area contributed by atoms with Crippen LogP contribution in [0.1, 0.15) is 100 Å². The maximum Gasteiger partial charge on any atom is 0.138 e. The largest absolute Gasteiger partial charge is 0.460 e. The molecular formula is C60H56O4. The third-order valence-electron chi connectivity index (χ3n) is 13.7. The highest BCUT2D eigenvalue weighted by molar-refractivity contribution is 6.09. The molecule has 12 bridgehead atoms. The maximum absolute atomic E-state index is 6.80. The zero-order valence-corrected chi connectivity index (χ0v) is 36.8. The van der Waals surface area contributed by atoms with E-state index in [1.165, 1.54) is 117 Å². The van der Waals surface area contributed by atoms with Crippen molar-refractivity contribution in [3.05, 3.63) is 169 Å². The average molecular weight is 841 g/mol. The Hall–Kier alpha value is -6.52. The van der Waals surface area contributed by atoms with Crippen LogP contribution < -0.4 is 0 Å². The van der Waals surface area contributed by atoms with Crippen molar-refractivity contribution in [1.82, 2.24) is 0 Å². The molecule has 6 aromatic carbocycles. The molecule has 1 aliphatic carbocycles. The van der Waals surface area contributed by atoms with Gasteiger partial charge in [0, 0.05) is 81.6 Å². The number of rotatable bonds is 4. The van der Waals surface area contributed by atoms with Gasteiger partial charge in [0.1, 0.15) is 45.4 Å². The Kier molecular flexibility index (Phi) is 11.5. The van der Waals surface area contributed by atoms with Crippen LogP contribution in [0.25, 0.3) is 88.4 Å². The molecule has 4 aliphatic rings. The zero-order chi connectivity index (χ0) is 42.7. The molecule has 4 heteroatoms. The smallest absolute Gasteiger partial charge is 0.138 e. The average Bonchev–Trinajstić information content (AvgIpc) is 4.09. The summed E-state index contributed by atoms with van der Waals surface area (Å²) >= 11 is 0. The molecule has 0 N–H and O–H groups in total. The van der Waals surface area contributed by atoms with Crippen molar-refractivity contribution in [2.75, 3.05) is 0 Å². The topological polar surface area (TPSA) is 52.6 Å². The lowest BCUT2D eigenvalue weighted by atomic mass is 9.95. The highest BCUT2D eigenvalue weighted by Crippen LogP contribution is 2.45. The zero-order valence-electron chi connectivity index (χ0n) is 36.8. The summed E-state index contributed by atoms with van der Waals surface area (Å²) in [6.45, 7) is 0. The summed E-state index contributed by atoms with van der Waals surface area (Å²) in [5, 5.41) is 4.68. The molecule has 0 unspecified atom stereocenters. The summed E-state index contributed by atoms with van der Waals surface area (Å²) in [5.41, 5.74) is 13.4. The number of aryl methyl sites for hydroxylation is 4. The van der Waals surface area contributed by atoms with E-state index in [1.54, 1.807) is 0 Å². The minimum atomic E-state index is 0.910. The Balaban J connectivity index is 0.913. The molecule has 0 saturated heterocycles. The predicted octanol–water partition coefficient (Wildman–Crippen LogP) is 17.9. The first kappa shape index (κ1) is 40.3. The molecule has 0 saturated carbocycles. The van der Waals surface area contributed by atoms with E-state index < -0.39 is 0 Å². The quantitative estimate of drug-likeness (QED) is 0.177. The Labute approximate surface area is 375 Å². The minimum Gasteiger partial charge on any atom is -0.460 e. The Morgan fingerprint density at radius 3 is 0.688 bits per heavy atom. The van der Waals surface area contributed by atoms with E-state index in [-0.39, 0.29) is 0 Å². The van der Waals surface area contributed by atoms with Gasteiger partial charge in [-0.3, -0.25) is 0 Å². The van der Waals surface area contributed by atoms with Gasteiger partial charge in [0.15, 0.2) is 0 Å². The van der Waals surface area contributed by atoms with Crippen LogP contribution in [0.15, 0.2) is 163 Å². The summed E-state index contributed by atoms with van der Waals surface area (Å²) < 4.78 is 27.2.